The van der Waals surface area contributed by atoms with E-state index < -0.39 is 4.92 Å². The molecule has 6 heteroatoms. The summed E-state index contributed by atoms with van der Waals surface area (Å²) in [4.78, 5) is 11.0. The van der Waals surface area contributed by atoms with Gasteiger partial charge in [-0.1, -0.05) is 0 Å². The molecule has 0 amide bonds. The van der Waals surface area contributed by atoms with E-state index in [1.54, 1.807) is 31.0 Å². The largest absolute Gasteiger partial charge is 0.393 e. The molecule has 0 aromatic heterocycles. The van der Waals surface area contributed by atoms with Crippen LogP contribution in [0.3, 0.4) is 0 Å². The quantitative estimate of drug-likeness (QED) is 0.272. The van der Waals surface area contributed by atoms with Crippen LogP contribution in [0.15, 0.2) is 23.1 Å². The Kier molecular flexibility index (Phi) is 5.07. The van der Waals surface area contributed by atoms with E-state index in [-0.39, 0.29) is 11.4 Å². The number of nitrogens with two attached hydrogens (primary N) is 1. The van der Waals surface area contributed by atoms with E-state index in [1.165, 1.54) is 6.07 Å². The molecule has 0 unspecified atom stereocenters. The molecular weight excluding hydrogens is 228 g/mol. The number of nitro groups is 1. The summed E-state index contributed by atoms with van der Waals surface area (Å²) in [5.41, 5.74) is 5.74. The van der Waals surface area contributed by atoms with Crippen molar-refractivity contribution in [3.63, 3.8) is 0 Å². The van der Waals surface area contributed by atoms with Crippen LogP contribution in [0.2, 0.25) is 0 Å². The highest BCUT2D eigenvalue weighted by Crippen LogP contribution is 2.27. The lowest BCUT2D eigenvalue weighted by Crippen LogP contribution is -1.95. The Morgan fingerprint density at radius 1 is 1.56 bits per heavy atom. The van der Waals surface area contributed by atoms with Crippen molar-refractivity contribution in [3.8, 4) is 0 Å². The maximum atomic E-state index is 10.5. The van der Waals surface area contributed by atoms with Crippen LogP contribution in [0.25, 0.3) is 0 Å². The van der Waals surface area contributed by atoms with Gasteiger partial charge in [-0.15, -0.1) is 11.8 Å². The van der Waals surface area contributed by atoms with Crippen molar-refractivity contribution in [1.29, 1.82) is 0 Å². The van der Waals surface area contributed by atoms with Crippen molar-refractivity contribution in [2.75, 3.05) is 25.2 Å². The molecule has 0 bridgehead atoms. The van der Waals surface area contributed by atoms with Gasteiger partial charge in [0.25, 0.3) is 5.69 Å². The summed E-state index contributed by atoms with van der Waals surface area (Å²) in [5, 5.41) is 10.5. The summed E-state index contributed by atoms with van der Waals surface area (Å²) in [7, 11) is 1.66. The highest BCUT2D eigenvalue weighted by Gasteiger charge is 2.10. The molecule has 1 rings (SSSR count). The minimum Gasteiger partial charge on any atom is -0.393 e. The molecule has 0 saturated carbocycles. The number of nitro benzene ring substituents is 1. The van der Waals surface area contributed by atoms with Gasteiger partial charge >= 0.3 is 0 Å². The molecular formula is C10H14N2O3S. The number of anilines is 1. The van der Waals surface area contributed by atoms with Crippen LogP contribution >= 0.6 is 11.8 Å². The summed E-state index contributed by atoms with van der Waals surface area (Å²) in [6.07, 6.45) is 0.943. The molecule has 88 valence electrons. The first-order valence-corrected chi connectivity index (χ1v) is 5.79. The lowest BCUT2D eigenvalue weighted by Gasteiger charge is -2.03. The zero-order valence-electron chi connectivity index (χ0n) is 9.01. The lowest BCUT2D eigenvalue weighted by molar-refractivity contribution is -0.383. The normalized spacial score (nSPS) is 10.3. The molecule has 5 nitrogen and oxygen atoms in total. The zero-order valence-corrected chi connectivity index (χ0v) is 9.83. The molecule has 16 heavy (non-hydrogen) atoms. The Morgan fingerprint density at radius 2 is 2.31 bits per heavy atom. The lowest BCUT2D eigenvalue weighted by atomic mass is 10.3. The van der Waals surface area contributed by atoms with Crippen molar-refractivity contribution in [3.05, 3.63) is 28.3 Å². The highest BCUT2D eigenvalue weighted by atomic mass is 32.2. The number of hydrogen-bond acceptors (Lipinski definition) is 5. The first kappa shape index (κ1) is 12.8. The number of nitrogen functional groups attached to an aromatic ring is 1. The summed E-state index contributed by atoms with van der Waals surface area (Å²) in [6, 6.07) is 4.79. The second-order valence-electron chi connectivity index (χ2n) is 3.17. The summed E-state index contributed by atoms with van der Waals surface area (Å²) in [6.45, 7) is 0.718. The Hall–Kier alpha value is -1.27. The molecule has 0 aliphatic rings. The molecule has 0 aliphatic heterocycles. The summed E-state index contributed by atoms with van der Waals surface area (Å²) < 4.78 is 4.93. The summed E-state index contributed by atoms with van der Waals surface area (Å²) in [5.74, 6) is 0.908. The van der Waals surface area contributed by atoms with E-state index in [0.717, 1.165) is 23.7 Å². The first-order valence-electron chi connectivity index (χ1n) is 4.81. The number of nitrogens with zero attached hydrogens (tertiary/aromatic N) is 1. The van der Waals surface area contributed by atoms with Crippen LogP contribution in [0.1, 0.15) is 6.42 Å². The molecule has 1 aromatic rings. The van der Waals surface area contributed by atoms with Crippen molar-refractivity contribution >= 4 is 23.1 Å². The van der Waals surface area contributed by atoms with E-state index in [1.807, 2.05) is 0 Å². The molecule has 1 aromatic carbocycles. The number of thioether (sulfide) groups is 1. The predicted molar refractivity (Wildman–Crippen MR) is 64.7 cm³/mol. The van der Waals surface area contributed by atoms with Gasteiger partial charge in [-0.05, 0) is 18.6 Å². The Labute approximate surface area is 98.1 Å². The van der Waals surface area contributed by atoms with E-state index in [2.05, 4.69) is 0 Å². The van der Waals surface area contributed by atoms with Gasteiger partial charge in [-0.3, -0.25) is 10.1 Å². The maximum Gasteiger partial charge on any atom is 0.292 e. The number of ether oxygens (including phenoxy) is 1. The third kappa shape index (κ3) is 3.71. The van der Waals surface area contributed by atoms with E-state index >= 15 is 0 Å². The number of hydrogen-bond donors (Lipinski definition) is 1. The zero-order chi connectivity index (χ0) is 12.0. The van der Waals surface area contributed by atoms with Crippen LogP contribution in [0.5, 0.6) is 0 Å². The third-order valence-electron chi connectivity index (χ3n) is 1.96. The van der Waals surface area contributed by atoms with Crippen molar-refractivity contribution < 1.29 is 9.66 Å². The standard InChI is InChI=1S/C10H14N2O3S/c1-15-5-2-6-16-8-3-4-10(12(13)14)9(11)7-8/h3-4,7H,2,5-6,11H2,1H3. The van der Waals surface area contributed by atoms with Gasteiger partial charge in [0.1, 0.15) is 5.69 Å². The van der Waals surface area contributed by atoms with Gasteiger partial charge in [-0.2, -0.15) is 0 Å². The number of rotatable bonds is 6. The maximum absolute atomic E-state index is 10.5. The molecule has 0 aliphatic carbocycles. The molecule has 0 fully saturated rings. The minimum absolute atomic E-state index is 0.0405. The van der Waals surface area contributed by atoms with Crippen molar-refractivity contribution in [2.45, 2.75) is 11.3 Å². The first-order chi connectivity index (χ1) is 7.65. The van der Waals surface area contributed by atoms with E-state index in [0.29, 0.717) is 0 Å². The minimum atomic E-state index is -0.477. The second kappa shape index (κ2) is 6.34. The van der Waals surface area contributed by atoms with Crippen LogP contribution < -0.4 is 5.73 Å². The van der Waals surface area contributed by atoms with Crippen molar-refractivity contribution in [2.24, 2.45) is 0 Å². The number of benzene rings is 1. The van der Waals surface area contributed by atoms with Gasteiger partial charge < -0.3 is 10.5 Å². The highest BCUT2D eigenvalue weighted by molar-refractivity contribution is 7.99. The second-order valence-corrected chi connectivity index (χ2v) is 4.34. The third-order valence-corrected chi connectivity index (χ3v) is 3.04. The smallest absolute Gasteiger partial charge is 0.292 e. The average Bonchev–Trinajstić information content (AvgIpc) is 2.24. The molecule has 0 saturated heterocycles. The van der Waals surface area contributed by atoms with Crippen LogP contribution in [0.4, 0.5) is 11.4 Å². The summed E-state index contributed by atoms with van der Waals surface area (Å²) >= 11 is 1.61. The van der Waals surface area contributed by atoms with Crippen LogP contribution in [-0.4, -0.2) is 24.4 Å². The molecule has 0 radical (unpaired) electrons. The molecule has 0 atom stereocenters. The van der Waals surface area contributed by atoms with E-state index in [4.69, 9.17) is 10.5 Å². The van der Waals surface area contributed by atoms with Gasteiger partial charge in [0.2, 0.25) is 0 Å². The van der Waals surface area contributed by atoms with Crippen LogP contribution in [-0.2, 0) is 4.74 Å². The van der Waals surface area contributed by atoms with Crippen molar-refractivity contribution in [1.82, 2.24) is 0 Å². The molecule has 2 N–H and O–H groups in total. The topological polar surface area (TPSA) is 78.4 Å². The van der Waals surface area contributed by atoms with Gasteiger partial charge in [0, 0.05) is 30.4 Å². The Balaban J connectivity index is 2.56. The molecule has 0 spiro atoms. The van der Waals surface area contributed by atoms with Gasteiger partial charge in [0.15, 0.2) is 0 Å². The Bertz CT molecular complexity index is 371. The fourth-order valence-corrected chi connectivity index (χ4v) is 2.05. The predicted octanol–water partition coefficient (Wildman–Crippen LogP) is 2.31. The van der Waals surface area contributed by atoms with Crippen LogP contribution in [0, 0.1) is 10.1 Å². The monoisotopic (exact) mass is 242 g/mol. The Morgan fingerprint density at radius 3 is 2.88 bits per heavy atom. The van der Waals surface area contributed by atoms with Gasteiger partial charge in [0.05, 0.1) is 4.92 Å². The van der Waals surface area contributed by atoms with E-state index in [9.17, 15) is 10.1 Å². The number of methoxy groups -OCH3 is 1. The van der Waals surface area contributed by atoms with Gasteiger partial charge in [-0.25, -0.2) is 0 Å². The molecule has 0 heterocycles. The fraction of sp³-hybridized carbons (Fsp3) is 0.400. The fourth-order valence-electron chi connectivity index (χ4n) is 1.18. The SMILES string of the molecule is COCCCSc1ccc([N+](=O)[O-])c(N)c1. The average molecular weight is 242 g/mol.